The van der Waals surface area contributed by atoms with Crippen molar-refractivity contribution in [1.82, 2.24) is 4.90 Å². The van der Waals surface area contributed by atoms with Crippen LogP contribution in [-0.4, -0.2) is 42.6 Å². The summed E-state index contributed by atoms with van der Waals surface area (Å²) < 4.78 is 10.5. The van der Waals surface area contributed by atoms with Crippen molar-refractivity contribution >= 4 is 11.6 Å². The van der Waals surface area contributed by atoms with E-state index in [1.807, 2.05) is 30.3 Å². The Labute approximate surface area is 145 Å². The van der Waals surface area contributed by atoms with Crippen molar-refractivity contribution in [3.8, 4) is 5.75 Å². The number of nitrogens with zero attached hydrogens (tertiary/aromatic N) is 2. The molecular formula is C18H20N2O5. The lowest BCUT2D eigenvalue weighted by Crippen LogP contribution is -2.36. The highest BCUT2D eigenvalue weighted by Crippen LogP contribution is 2.17. The van der Waals surface area contributed by atoms with Crippen LogP contribution in [0.3, 0.4) is 0 Å². The normalized spacial score (nSPS) is 10.3. The average Bonchev–Trinajstić information content (AvgIpc) is 2.64. The molecule has 0 heterocycles. The molecule has 0 saturated carbocycles. The summed E-state index contributed by atoms with van der Waals surface area (Å²) in [5.74, 6) is 0.226. The number of benzene rings is 2. The quantitative estimate of drug-likeness (QED) is 0.516. The van der Waals surface area contributed by atoms with Gasteiger partial charge in [-0.05, 0) is 17.7 Å². The standard InChI is InChI=1S/C18H20N2O5/c1-24-12-11-19(13-15-5-3-2-4-6-15)18(21)14-25-17-9-7-16(8-10-17)20(22)23/h2-10H,11-14H2,1H3. The van der Waals surface area contributed by atoms with E-state index in [1.165, 1.54) is 24.3 Å². The van der Waals surface area contributed by atoms with Gasteiger partial charge < -0.3 is 14.4 Å². The van der Waals surface area contributed by atoms with Gasteiger partial charge in [0.2, 0.25) is 0 Å². The molecule has 2 rings (SSSR count). The van der Waals surface area contributed by atoms with Gasteiger partial charge >= 0.3 is 0 Å². The lowest BCUT2D eigenvalue weighted by Gasteiger charge is -2.22. The first kappa shape index (κ1) is 18.4. The van der Waals surface area contributed by atoms with Crippen LogP contribution in [0.15, 0.2) is 54.6 Å². The molecule has 2 aromatic rings. The number of methoxy groups -OCH3 is 1. The molecule has 25 heavy (non-hydrogen) atoms. The van der Waals surface area contributed by atoms with Crippen LogP contribution in [0.4, 0.5) is 5.69 Å². The second-order valence-corrected chi connectivity index (χ2v) is 5.33. The lowest BCUT2D eigenvalue weighted by molar-refractivity contribution is -0.384. The van der Waals surface area contributed by atoms with Crippen LogP contribution in [0, 0.1) is 10.1 Å². The third kappa shape index (κ3) is 5.89. The molecule has 0 bridgehead atoms. The van der Waals surface area contributed by atoms with E-state index in [1.54, 1.807) is 12.0 Å². The van der Waals surface area contributed by atoms with Gasteiger partial charge in [0.1, 0.15) is 5.75 Å². The fraction of sp³-hybridized carbons (Fsp3) is 0.278. The maximum atomic E-state index is 12.4. The molecule has 0 aromatic heterocycles. The monoisotopic (exact) mass is 344 g/mol. The van der Waals surface area contributed by atoms with Gasteiger partial charge in [-0.15, -0.1) is 0 Å². The van der Waals surface area contributed by atoms with Gasteiger partial charge in [-0.3, -0.25) is 14.9 Å². The minimum absolute atomic E-state index is 0.0236. The number of rotatable bonds is 9. The van der Waals surface area contributed by atoms with E-state index < -0.39 is 4.92 Å². The van der Waals surface area contributed by atoms with Crippen LogP contribution in [0.5, 0.6) is 5.75 Å². The van der Waals surface area contributed by atoms with Gasteiger partial charge in [-0.2, -0.15) is 0 Å². The van der Waals surface area contributed by atoms with Crippen molar-refractivity contribution in [3.63, 3.8) is 0 Å². The Morgan fingerprint density at radius 1 is 1.12 bits per heavy atom. The molecule has 0 saturated heterocycles. The van der Waals surface area contributed by atoms with Crippen molar-refractivity contribution in [1.29, 1.82) is 0 Å². The first-order chi connectivity index (χ1) is 12.1. The highest BCUT2D eigenvalue weighted by Gasteiger charge is 2.15. The largest absolute Gasteiger partial charge is 0.484 e. The number of nitro groups is 1. The molecule has 0 aliphatic rings. The van der Waals surface area contributed by atoms with E-state index in [-0.39, 0.29) is 18.2 Å². The molecule has 0 spiro atoms. The fourth-order valence-corrected chi connectivity index (χ4v) is 2.20. The SMILES string of the molecule is COCCN(Cc1ccccc1)C(=O)COc1ccc([N+](=O)[O-])cc1. The van der Waals surface area contributed by atoms with Gasteiger partial charge in [0.25, 0.3) is 11.6 Å². The number of ether oxygens (including phenoxy) is 2. The zero-order valence-electron chi connectivity index (χ0n) is 14.0. The number of nitro benzene ring substituents is 1. The smallest absolute Gasteiger partial charge is 0.269 e. The summed E-state index contributed by atoms with van der Waals surface area (Å²) in [5.41, 5.74) is 0.992. The topological polar surface area (TPSA) is 81.9 Å². The van der Waals surface area contributed by atoms with Gasteiger partial charge in [-0.25, -0.2) is 0 Å². The number of carbonyl (C=O) groups is 1. The molecule has 2 aromatic carbocycles. The molecule has 132 valence electrons. The molecule has 7 nitrogen and oxygen atoms in total. The highest BCUT2D eigenvalue weighted by molar-refractivity contribution is 5.77. The zero-order valence-corrected chi connectivity index (χ0v) is 14.0. The van der Waals surface area contributed by atoms with Crippen molar-refractivity contribution in [2.24, 2.45) is 0 Å². The highest BCUT2D eigenvalue weighted by atomic mass is 16.6. The third-order valence-corrected chi connectivity index (χ3v) is 3.54. The van der Waals surface area contributed by atoms with Gasteiger partial charge in [0.05, 0.1) is 11.5 Å². The Morgan fingerprint density at radius 2 is 1.80 bits per heavy atom. The number of amides is 1. The van der Waals surface area contributed by atoms with Gasteiger partial charge in [0, 0.05) is 32.3 Å². The predicted octanol–water partition coefficient (Wildman–Crippen LogP) is 2.65. The van der Waals surface area contributed by atoms with E-state index in [2.05, 4.69) is 0 Å². The molecular weight excluding hydrogens is 324 g/mol. The first-order valence-electron chi connectivity index (χ1n) is 7.78. The maximum absolute atomic E-state index is 12.4. The van der Waals surface area contributed by atoms with Crippen LogP contribution >= 0.6 is 0 Å². The molecule has 0 unspecified atom stereocenters. The molecule has 0 fully saturated rings. The minimum Gasteiger partial charge on any atom is -0.484 e. The van der Waals surface area contributed by atoms with E-state index in [0.29, 0.717) is 25.4 Å². The molecule has 0 N–H and O–H groups in total. The van der Waals surface area contributed by atoms with Crippen LogP contribution in [0.2, 0.25) is 0 Å². The van der Waals surface area contributed by atoms with E-state index in [4.69, 9.17) is 9.47 Å². The fourth-order valence-electron chi connectivity index (χ4n) is 2.20. The van der Waals surface area contributed by atoms with E-state index in [0.717, 1.165) is 5.56 Å². The Morgan fingerprint density at radius 3 is 2.40 bits per heavy atom. The van der Waals surface area contributed by atoms with E-state index >= 15 is 0 Å². The van der Waals surface area contributed by atoms with Crippen molar-refractivity contribution in [3.05, 3.63) is 70.3 Å². The molecule has 0 aliphatic carbocycles. The van der Waals surface area contributed by atoms with Crippen LogP contribution in [-0.2, 0) is 16.1 Å². The van der Waals surface area contributed by atoms with Gasteiger partial charge in [-0.1, -0.05) is 30.3 Å². The second kappa shape index (κ2) is 9.39. The third-order valence-electron chi connectivity index (χ3n) is 3.54. The van der Waals surface area contributed by atoms with Crippen molar-refractivity contribution < 1.29 is 19.2 Å². The lowest BCUT2D eigenvalue weighted by atomic mass is 10.2. The summed E-state index contributed by atoms with van der Waals surface area (Å²) in [6.07, 6.45) is 0. The average molecular weight is 344 g/mol. The Bertz CT molecular complexity index is 688. The van der Waals surface area contributed by atoms with Crippen LogP contribution in [0.25, 0.3) is 0 Å². The summed E-state index contributed by atoms with van der Waals surface area (Å²) >= 11 is 0. The Balaban J connectivity index is 1.95. The molecule has 7 heteroatoms. The number of hydrogen-bond donors (Lipinski definition) is 0. The summed E-state index contributed by atoms with van der Waals surface area (Å²) in [5, 5.41) is 10.6. The number of hydrogen-bond acceptors (Lipinski definition) is 5. The predicted molar refractivity (Wildman–Crippen MR) is 92.3 cm³/mol. The summed E-state index contributed by atoms with van der Waals surface area (Å²) in [6.45, 7) is 1.20. The maximum Gasteiger partial charge on any atom is 0.269 e. The summed E-state index contributed by atoms with van der Waals surface area (Å²) in [6, 6.07) is 15.3. The zero-order chi connectivity index (χ0) is 18.1. The summed E-state index contributed by atoms with van der Waals surface area (Å²) in [7, 11) is 1.58. The first-order valence-corrected chi connectivity index (χ1v) is 7.78. The van der Waals surface area contributed by atoms with Gasteiger partial charge in [0.15, 0.2) is 6.61 Å². The number of carbonyl (C=O) groups excluding carboxylic acids is 1. The Kier molecular flexibility index (Phi) is 6.91. The van der Waals surface area contributed by atoms with Crippen LogP contribution < -0.4 is 4.74 Å². The molecule has 0 aliphatic heterocycles. The second-order valence-electron chi connectivity index (χ2n) is 5.33. The van der Waals surface area contributed by atoms with Crippen LogP contribution in [0.1, 0.15) is 5.56 Å². The Hall–Kier alpha value is -2.93. The van der Waals surface area contributed by atoms with Crippen molar-refractivity contribution in [2.45, 2.75) is 6.54 Å². The molecule has 0 atom stereocenters. The number of non-ortho nitro benzene ring substituents is 1. The van der Waals surface area contributed by atoms with Crippen molar-refractivity contribution in [2.75, 3.05) is 26.9 Å². The minimum atomic E-state index is -0.485. The molecule has 0 radical (unpaired) electrons. The summed E-state index contributed by atoms with van der Waals surface area (Å²) in [4.78, 5) is 24.2. The molecule has 1 amide bonds. The van der Waals surface area contributed by atoms with E-state index in [9.17, 15) is 14.9 Å².